The van der Waals surface area contributed by atoms with Crippen molar-refractivity contribution in [2.45, 2.75) is 84.5 Å². The molecule has 0 amide bonds. The van der Waals surface area contributed by atoms with Crippen LogP contribution in [0.25, 0.3) is 22.0 Å². The summed E-state index contributed by atoms with van der Waals surface area (Å²) >= 11 is 1.71. The first kappa shape index (κ1) is 22.5. The molecule has 0 fully saturated rings. The van der Waals surface area contributed by atoms with Gasteiger partial charge in [-0.3, -0.25) is 0 Å². The molecule has 4 nitrogen and oxygen atoms in total. The number of aryl methyl sites for hydroxylation is 2. The second kappa shape index (κ2) is 12.5. The minimum absolute atomic E-state index is 0.783. The molecular formula is C25H34N4S. The van der Waals surface area contributed by atoms with E-state index in [-0.39, 0.29) is 0 Å². The van der Waals surface area contributed by atoms with Gasteiger partial charge in [0.05, 0.1) is 0 Å². The van der Waals surface area contributed by atoms with E-state index in [1.807, 2.05) is 12.4 Å². The Kier molecular flexibility index (Phi) is 9.42. The van der Waals surface area contributed by atoms with E-state index in [4.69, 9.17) is 0 Å². The van der Waals surface area contributed by atoms with Crippen LogP contribution in [0, 0.1) is 0 Å². The number of unbranched alkanes of at least 4 members (excludes halogenated alkanes) is 7. The molecule has 0 unspecified atom stereocenters. The van der Waals surface area contributed by atoms with Gasteiger partial charge in [0.15, 0.2) is 5.82 Å². The second-order valence-electron chi connectivity index (χ2n) is 7.97. The number of nitrogens with zero attached hydrogens (tertiary/aromatic N) is 4. The number of benzene rings is 1. The van der Waals surface area contributed by atoms with E-state index in [1.165, 1.54) is 63.4 Å². The molecule has 2 heterocycles. The quantitative estimate of drug-likeness (QED) is 0.271. The highest BCUT2D eigenvalue weighted by Gasteiger charge is 2.08. The van der Waals surface area contributed by atoms with Crippen LogP contribution < -0.4 is 0 Å². The third-order valence-corrected chi connectivity index (χ3v) is 6.41. The summed E-state index contributed by atoms with van der Waals surface area (Å²) in [6.07, 6.45) is 17.6. The largest absolute Gasteiger partial charge is 0.236 e. The first-order chi connectivity index (χ1) is 14.8. The molecule has 30 heavy (non-hydrogen) atoms. The van der Waals surface area contributed by atoms with Crippen LogP contribution >= 0.6 is 11.3 Å². The standard InChI is InChI=1S/C25H34N4S/c1-3-5-7-9-10-12-20-18-26-24(27-19-20)21-14-16-22(17-15-21)25-29-28-23(30-25)13-11-8-6-4-2/h14-19H,3-13H2,1-2H3. The van der Waals surface area contributed by atoms with E-state index in [2.05, 4.69) is 58.3 Å². The fourth-order valence-corrected chi connectivity index (χ4v) is 4.39. The van der Waals surface area contributed by atoms with Crippen LogP contribution in [0.2, 0.25) is 0 Å². The molecule has 0 spiro atoms. The van der Waals surface area contributed by atoms with Gasteiger partial charge in [-0.2, -0.15) is 0 Å². The van der Waals surface area contributed by atoms with Crippen LogP contribution in [0.4, 0.5) is 0 Å². The molecule has 0 aliphatic rings. The minimum Gasteiger partial charge on any atom is -0.236 e. The molecule has 3 aromatic rings. The zero-order chi connectivity index (χ0) is 21.0. The van der Waals surface area contributed by atoms with Gasteiger partial charge in [-0.1, -0.05) is 94.4 Å². The molecule has 160 valence electrons. The number of aromatic nitrogens is 4. The Morgan fingerprint density at radius 2 is 1.27 bits per heavy atom. The lowest BCUT2D eigenvalue weighted by Gasteiger charge is -2.04. The van der Waals surface area contributed by atoms with Crippen molar-refractivity contribution >= 4 is 11.3 Å². The van der Waals surface area contributed by atoms with Gasteiger partial charge in [-0.15, -0.1) is 10.2 Å². The second-order valence-corrected chi connectivity index (χ2v) is 9.03. The van der Waals surface area contributed by atoms with Gasteiger partial charge in [0.2, 0.25) is 0 Å². The van der Waals surface area contributed by atoms with Crippen LogP contribution in [-0.2, 0) is 12.8 Å². The normalized spacial score (nSPS) is 11.1. The highest BCUT2D eigenvalue weighted by atomic mass is 32.1. The lowest BCUT2D eigenvalue weighted by atomic mass is 10.1. The SMILES string of the molecule is CCCCCCCc1cnc(-c2ccc(-c3nnc(CCCCCC)s3)cc2)nc1. The van der Waals surface area contributed by atoms with Crippen LogP contribution in [0.15, 0.2) is 36.7 Å². The van der Waals surface area contributed by atoms with Crippen molar-refractivity contribution in [1.29, 1.82) is 0 Å². The van der Waals surface area contributed by atoms with E-state index in [0.717, 1.165) is 39.8 Å². The minimum atomic E-state index is 0.783. The third kappa shape index (κ3) is 6.98. The number of hydrogen-bond acceptors (Lipinski definition) is 5. The van der Waals surface area contributed by atoms with Gasteiger partial charge in [0.1, 0.15) is 10.0 Å². The van der Waals surface area contributed by atoms with Gasteiger partial charge in [0.25, 0.3) is 0 Å². The maximum Gasteiger partial charge on any atom is 0.159 e. The Balaban J connectivity index is 1.53. The monoisotopic (exact) mass is 422 g/mol. The predicted octanol–water partition coefficient (Wildman–Crippen LogP) is 7.30. The molecule has 5 heteroatoms. The molecule has 0 aliphatic carbocycles. The molecule has 0 N–H and O–H groups in total. The Morgan fingerprint density at radius 1 is 0.667 bits per heavy atom. The smallest absolute Gasteiger partial charge is 0.159 e. The molecule has 3 rings (SSSR count). The van der Waals surface area contributed by atoms with Crippen molar-refractivity contribution in [3.8, 4) is 22.0 Å². The molecule has 1 aromatic carbocycles. The first-order valence-electron chi connectivity index (χ1n) is 11.5. The Hall–Kier alpha value is -2.14. The maximum atomic E-state index is 4.58. The average molecular weight is 423 g/mol. The summed E-state index contributed by atoms with van der Waals surface area (Å²) in [6.45, 7) is 4.49. The summed E-state index contributed by atoms with van der Waals surface area (Å²) in [5.74, 6) is 0.783. The highest BCUT2D eigenvalue weighted by molar-refractivity contribution is 7.14. The van der Waals surface area contributed by atoms with E-state index in [1.54, 1.807) is 11.3 Å². The van der Waals surface area contributed by atoms with Gasteiger partial charge in [-0.05, 0) is 24.8 Å². The van der Waals surface area contributed by atoms with Crippen LogP contribution in [-0.4, -0.2) is 20.2 Å². The topological polar surface area (TPSA) is 51.6 Å². The predicted molar refractivity (Wildman–Crippen MR) is 127 cm³/mol. The van der Waals surface area contributed by atoms with Crippen molar-refractivity contribution < 1.29 is 0 Å². The lowest BCUT2D eigenvalue weighted by molar-refractivity contribution is 0.631. The molecular weight excluding hydrogens is 388 g/mol. The van der Waals surface area contributed by atoms with Crippen LogP contribution in [0.1, 0.15) is 82.2 Å². The third-order valence-electron chi connectivity index (χ3n) is 5.38. The summed E-state index contributed by atoms with van der Waals surface area (Å²) in [4.78, 5) is 9.17. The summed E-state index contributed by atoms with van der Waals surface area (Å²) in [7, 11) is 0. The summed E-state index contributed by atoms with van der Waals surface area (Å²) in [6, 6.07) is 8.36. The Morgan fingerprint density at radius 3 is 1.97 bits per heavy atom. The average Bonchev–Trinajstić information content (AvgIpc) is 3.26. The zero-order valence-corrected chi connectivity index (χ0v) is 19.3. The molecule has 0 saturated carbocycles. The first-order valence-corrected chi connectivity index (χ1v) is 12.4. The fourth-order valence-electron chi connectivity index (χ4n) is 3.50. The summed E-state index contributed by atoms with van der Waals surface area (Å²) < 4.78 is 0. The van der Waals surface area contributed by atoms with Gasteiger partial charge < -0.3 is 0 Å². The van der Waals surface area contributed by atoms with Gasteiger partial charge >= 0.3 is 0 Å². The maximum absolute atomic E-state index is 4.58. The van der Waals surface area contributed by atoms with Crippen molar-refractivity contribution in [1.82, 2.24) is 20.2 Å². The lowest BCUT2D eigenvalue weighted by Crippen LogP contribution is -1.93. The fraction of sp³-hybridized carbons (Fsp3) is 0.520. The Bertz CT molecular complexity index is 856. The van der Waals surface area contributed by atoms with Gasteiger partial charge in [-0.25, -0.2) is 9.97 Å². The van der Waals surface area contributed by atoms with E-state index in [0.29, 0.717) is 0 Å². The molecule has 0 saturated heterocycles. The van der Waals surface area contributed by atoms with Crippen molar-refractivity contribution in [2.24, 2.45) is 0 Å². The Labute approximate surface area is 185 Å². The van der Waals surface area contributed by atoms with E-state index < -0.39 is 0 Å². The number of hydrogen-bond donors (Lipinski definition) is 0. The van der Waals surface area contributed by atoms with Crippen molar-refractivity contribution in [3.63, 3.8) is 0 Å². The summed E-state index contributed by atoms with van der Waals surface area (Å²) in [5, 5.41) is 10.9. The van der Waals surface area contributed by atoms with E-state index in [9.17, 15) is 0 Å². The number of rotatable bonds is 13. The van der Waals surface area contributed by atoms with E-state index >= 15 is 0 Å². The van der Waals surface area contributed by atoms with Gasteiger partial charge in [0, 0.05) is 29.9 Å². The molecule has 0 aliphatic heterocycles. The summed E-state index contributed by atoms with van der Waals surface area (Å²) in [5.41, 5.74) is 3.38. The van der Waals surface area contributed by atoms with Crippen LogP contribution in [0.3, 0.4) is 0 Å². The molecule has 0 atom stereocenters. The molecule has 0 bridgehead atoms. The molecule has 2 aromatic heterocycles. The van der Waals surface area contributed by atoms with Crippen molar-refractivity contribution in [3.05, 3.63) is 47.2 Å². The van der Waals surface area contributed by atoms with Crippen LogP contribution in [0.5, 0.6) is 0 Å². The molecule has 0 radical (unpaired) electrons. The zero-order valence-electron chi connectivity index (χ0n) is 18.4. The van der Waals surface area contributed by atoms with Crippen molar-refractivity contribution in [2.75, 3.05) is 0 Å². The highest BCUT2D eigenvalue weighted by Crippen LogP contribution is 2.26.